The molecule has 0 radical (unpaired) electrons. The van der Waals surface area contributed by atoms with Crippen LogP contribution in [0, 0.1) is 0 Å². The van der Waals surface area contributed by atoms with E-state index < -0.39 is 0 Å². The molecule has 18 heavy (non-hydrogen) atoms. The Bertz CT molecular complexity index is 524. The number of thiazole rings is 1. The van der Waals surface area contributed by atoms with Crippen LogP contribution in [0.5, 0.6) is 0 Å². The second-order valence-corrected chi connectivity index (χ2v) is 5.48. The molecule has 0 aromatic carbocycles. The van der Waals surface area contributed by atoms with Gasteiger partial charge in [0.05, 0.1) is 17.0 Å². The Morgan fingerprint density at radius 3 is 3.22 bits per heavy atom. The van der Waals surface area contributed by atoms with Crippen LogP contribution in [-0.2, 0) is 19.3 Å². The lowest BCUT2D eigenvalue weighted by Crippen LogP contribution is -2.25. The Morgan fingerprint density at radius 2 is 2.44 bits per heavy atom. The molecule has 5 heteroatoms. The highest BCUT2D eigenvalue weighted by molar-refractivity contribution is 7.11. The number of nitrogens with zero attached hydrogens (tertiary/aromatic N) is 1. The minimum atomic E-state index is -0.163. The van der Waals surface area contributed by atoms with E-state index in [9.17, 15) is 4.79 Å². The van der Waals surface area contributed by atoms with Gasteiger partial charge in [0.2, 0.25) is 0 Å². The second-order valence-electron chi connectivity index (χ2n) is 4.31. The largest absolute Gasteiger partial charge is 0.459 e. The number of carbonyl (C=O) groups excluding carboxylic acids is 1. The van der Waals surface area contributed by atoms with E-state index in [1.165, 1.54) is 29.7 Å². The van der Waals surface area contributed by atoms with Crippen LogP contribution in [0.25, 0.3) is 0 Å². The van der Waals surface area contributed by atoms with Crippen LogP contribution in [0.1, 0.15) is 32.6 Å². The molecule has 2 heterocycles. The Hall–Kier alpha value is -1.62. The lowest BCUT2D eigenvalue weighted by molar-refractivity contribution is 0.0926. The number of hydrogen-bond acceptors (Lipinski definition) is 4. The Labute approximate surface area is 109 Å². The average Bonchev–Trinajstić information content (AvgIpc) is 3.05. The zero-order valence-corrected chi connectivity index (χ0v) is 10.8. The van der Waals surface area contributed by atoms with Crippen LogP contribution >= 0.6 is 11.3 Å². The van der Waals surface area contributed by atoms with Crippen LogP contribution < -0.4 is 5.32 Å². The number of amides is 1. The van der Waals surface area contributed by atoms with Gasteiger partial charge in [0.1, 0.15) is 0 Å². The molecular weight excluding hydrogens is 248 g/mol. The third kappa shape index (κ3) is 2.31. The number of aromatic nitrogens is 1. The molecule has 3 rings (SSSR count). The van der Waals surface area contributed by atoms with E-state index in [4.69, 9.17) is 4.42 Å². The summed E-state index contributed by atoms with van der Waals surface area (Å²) >= 11 is 1.79. The van der Waals surface area contributed by atoms with E-state index in [1.807, 2.05) is 0 Å². The van der Waals surface area contributed by atoms with Crippen molar-refractivity contribution in [1.29, 1.82) is 0 Å². The van der Waals surface area contributed by atoms with Gasteiger partial charge in [0, 0.05) is 17.8 Å². The summed E-state index contributed by atoms with van der Waals surface area (Å²) in [6, 6.07) is 3.37. The topological polar surface area (TPSA) is 55.1 Å². The van der Waals surface area contributed by atoms with Gasteiger partial charge < -0.3 is 9.73 Å². The fraction of sp³-hybridized carbons (Fsp3) is 0.385. The molecule has 1 aliphatic rings. The first kappa shape index (κ1) is 11.5. The molecule has 1 aliphatic carbocycles. The summed E-state index contributed by atoms with van der Waals surface area (Å²) in [5.41, 5.74) is 1.27. The molecule has 1 N–H and O–H groups in total. The summed E-state index contributed by atoms with van der Waals surface area (Å²) in [5, 5.41) is 3.96. The third-order valence-electron chi connectivity index (χ3n) is 3.01. The molecule has 0 bridgehead atoms. The second kappa shape index (κ2) is 4.94. The van der Waals surface area contributed by atoms with Crippen LogP contribution in [0.4, 0.5) is 0 Å². The molecule has 0 saturated heterocycles. The van der Waals surface area contributed by atoms with Crippen LogP contribution in [0.15, 0.2) is 22.8 Å². The molecule has 0 atom stereocenters. The van der Waals surface area contributed by atoms with Gasteiger partial charge >= 0.3 is 0 Å². The first-order chi connectivity index (χ1) is 8.83. The summed E-state index contributed by atoms with van der Waals surface area (Å²) in [6.45, 7) is 0.603. The number of rotatable bonds is 4. The molecule has 0 saturated carbocycles. The van der Waals surface area contributed by atoms with Crippen molar-refractivity contribution < 1.29 is 9.21 Å². The van der Waals surface area contributed by atoms with Gasteiger partial charge in [-0.2, -0.15) is 0 Å². The van der Waals surface area contributed by atoms with E-state index >= 15 is 0 Å². The zero-order valence-electron chi connectivity index (χ0n) is 9.94. The molecule has 2 aromatic rings. The SMILES string of the molecule is O=C(NCCc1nc2c(s1)CCC2)c1ccco1. The molecule has 4 nitrogen and oxygen atoms in total. The van der Waals surface area contributed by atoms with Gasteiger partial charge in [-0.3, -0.25) is 4.79 Å². The molecule has 2 aromatic heterocycles. The highest BCUT2D eigenvalue weighted by atomic mass is 32.1. The van der Waals surface area contributed by atoms with E-state index in [0.29, 0.717) is 12.3 Å². The van der Waals surface area contributed by atoms with Gasteiger partial charge in [-0.25, -0.2) is 4.98 Å². The maximum absolute atomic E-state index is 11.6. The number of hydrogen-bond donors (Lipinski definition) is 1. The summed E-state index contributed by atoms with van der Waals surface area (Å²) in [7, 11) is 0. The van der Waals surface area contributed by atoms with Crippen molar-refractivity contribution in [1.82, 2.24) is 10.3 Å². The van der Waals surface area contributed by atoms with Crippen LogP contribution in [0.2, 0.25) is 0 Å². The third-order valence-corrected chi connectivity index (χ3v) is 4.23. The summed E-state index contributed by atoms with van der Waals surface area (Å²) in [6.07, 6.45) is 5.82. The fourth-order valence-electron chi connectivity index (χ4n) is 2.13. The molecular formula is C13H14N2O2S. The molecule has 94 valence electrons. The van der Waals surface area contributed by atoms with Crippen molar-refractivity contribution in [3.8, 4) is 0 Å². The maximum atomic E-state index is 11.6. The Morgan fingerprint density at radius 1 is 1.50 bits per heavy atom. The average molecular weight is 262 g/mol. The Kier molecular flexibility index (Phi) is 3.15. The summed E-state index contributed by atoms with van der Waals surface area (Å²) in [4.78, 5) is 17.6. The fourth-order valence-corrected chi connectivity index (χ4v) is 3.28. The van der Waals surface area contributed by atoms with Crippen molar-refractivity contribution in [2.24, 2.45) is 0 Å². The number of nitrogens with one attached hydrogen (secondary N) is 1. The van der Waals surface area contributed by atoms with Crippen LogP contribution in [0.3, 0.4) is 0 Å². The van der Waals surface area contributed by atoms with E-state index in [0.717, 1.165) is 17.8 Å². The van der Waals surface area contributed by atoms with Crippen molar-refractivity contribution in [2.45, 2.75) is 25.7 Å². The lowest BCUT2D eigenvalue weighted by Gasteiger charge is -2.00. The van der Waals surface area contributed by atoms with Crippen molar-refractivity contribution in [3.05, 3.63) is 39.7 Å². The normalized spacial score (nSPS) is 13.6. The molecule has 0 spiro atoms. The highest BCUT2D eigenvalue weighted by Crippen LogP contribution is 2.27. The van der Waals surface area contributed by atoms with Gasteiger partial charge in [0.25, 0.3) is 5.91 Å². The number of furan rings is 1. The van der Waals surface area contributed by atoms with E-state index in [-0.39, 0.29) is 5.91 Å². The summed E-state index contributed by atoms with van der Waals surface area (Å²) in [5.74, 6) is 0.195. The monoisotopic (exact) mass is 262 g/mol. The quantitative estimate of drug-likeness (QED) is 0.919. The number of aryl methyl sites for hydroxylation is 2. The molecule has 0 fully saturated rings. The standard InChI is InChI=1S/C13H14N2O2S/c16-13(10-4-2-8-17-10)14-7-6-12-15-9-3-1-5-11(9)18-12/h2,4,8H,1,3,5-7H2,(H,14,16). The molecule has 0 unspecified atom stereocenters. The van der Waals surface area contributed by atoms with E-state index in [2.05, 4.69) is 10.3 Å². The van der Waals surface area contributed by atoms with Crippen molar-refractivity contribution in [3.63, 3.8) is 0 Å². The highest BCUT2D eigenvalue weighted by Gasteiger charge is 2.16. The minimum Gasteiger partial charge on any atom is -0.459 e. The molecule has 0 aliphatic heterocycles. The predicted octanol–water partition coefficient (Wildman–Crippen LogP) is 2.20. The van der Waals surface area contributed by atoms with Gasteiger partial charge in [-0.15, -0.1) is 11.3 Å². The smallest absolute Gasteiger partial charge is 0.286 e. The van der Waals surface area contributed by atoms with Crippen molar-refractivity contribution in [2.75, 3.05) is 6.54 Å². The lowest BCUT2D eigenvalue weighted by atomic mass is 10.3. The van der Waals surface area contributed by atoms with Gasteiger partial charge in [-0.05, 0) is 31.4 Å². The van der Waals surface area contributed by atoms with Gasteiger partial charge in [-0.1, -0.05) is 0 Å². The Balaban J connectivity index is 1.51. The van der Waals surface area contributed by atoms with Gasteiger partial charge in [0.15, 0.2) is 5.76 Å². The first-order valence-electron chi connectivity index (χ1n) is 6.12. The van der Waals surface area contributed by atoms with E-state index in [1.54, 1.807) is 23.5 Å². The number of carbonyl (C=O) groups is 1. The zero-order chi connectivity index (χ0) is 12.4. The predicted molar refractivity (Wildman–Crippen MR) is 68.9 cm³/mol. The van der Waals surface area contributed by atoms with Crippen LogP contribution in [-0.4, -0.2) is 17.4 Å². The summed E-state index contributed by atoms with van der Waals surface area (Å²) < 4.78 is 5.02. The number of fused-ring (bicyclic) bond motifs is 1. The molecule has 1 amide bonds. The van der Waals surface area contributed by atoms with Crippen molar-refractivity contribution >= 4 is 17.2 Å². The first-order valence-corrected chi connectivity index (χ1v) is 6.94. The minimum absolute atomic E-state index is 0.163. The maximum Gasteiger partial charge on any atom is 0.286 e.